The maximum atomic E-state index is 12.6. The van der Waals surface area contributed by atoms with Crippen molar-refractivity contribution in [2.75, 3.05) is 38.6 Å². The van der Waals surface area contributed by atoms with Crippen LogP contribution in [-0.2, 0) is 26.0 Å². The molecule has 1 aliphatic rings. The molecule has 2 aromatic rings. The number of aromatic nitrogens is 1. The summed E-state index contributed by atoms with van der Waals surface area (Å²) in [5.74, 6) is 0.159. The number of rotatable bonds is 8. The molecule has 1 fully saturated rings. The lowest BCUT2D eigenvalue weighted by atomic mass is 10.1. The monoisotopic (exact) mass is 435 g/mol. The standard InChI is InChI=1S/C20H25N3O4S2/c1-16-4-2-3-5-17(16)8-9-21-19(24)15-28-20-7-6-18(14-22-20)29(25,26)23-10-12-27-13-11-23/h2-7,14H,8-13,15H2,1H3,(H,21,24). The van der Waals surface area contributed by atoms with Gasteiger partial charge >= 0.3 is 0 Å². The number of sulfonamides is 1. The Morgan fingerprint density at radius 1 is 1.21 bits per heavy atom. The fraction of sp³-hybridized carbons (Fsp3) is 0.400. The van der Waals surface area contributed by atoms with Crippen molar-refractivity contribution < 1.29 is 17.9 Å². The van der Waals surface area contributed by atoms with Crippen LogP contribution in [0, 0.1) is 6.92 Å². The van der Waals surface area contributed by atoms with E-state index in [1.165, 1.54) is 39.5 Å². The normalized spacial score (nSPS) is 15.2. The second-order valence-electron chi connectivity index (χ2n) is 6.66. The van der Waals surface area contributed by atoms with Gasteiger partial charge in [-0.25, -0.2) is 13.4 Å². The lowest BCUT2D eigenvalue weighted by Crippen LogP contribution is -2.40. The second kappa shape index (κ2) is 10.2. The van der Waals surface area contributed by atoms with Crippen LogP contribution in [0.25, 0.3) is 0 Å². The minimum Gasteiger partial charge on any atom is -0.379 e. The second-order valence-corrected chi connectivity index (χ2v) is 9.60. The molecule has 7 nitrogen and oxygen atoms in total. The van der Waals surface area contributed by atoms with Crippen LogP contribution < -0.4 is 5.32 Å². The van der Waals surface area contributed by atoms with Crippen LogP contribution in [0.15, 0.2) is 52.5 Å². The molecule has 0 aliphatic carbocycles. The first-order valence-corrected chi connectivity index (χ1v) is 11.9. The number of morpholine rings is 1. The van der Waals surface area contributed by atoms with Gasteiger partial charge in [-0.2, -0.15) is 4.31 Å². The number of thioether (sulfide) groups is 1. The lowest BCUT2D eigenvalue weighted by molar-refractivity contribution is -0.118. The van der Waals surface area contributed by atoms with Crippen molar-refractivity contribution in [1.82, 2.24) is 14.6 Å². The number of amides is 1. The van der Waals surface area contributed by atoms with Crippen molar-refractivity contribution in [1.29, 1.82) is 0 Å². The third-order valence-corrected chi connectivity index (χ3v) is 7.47. The van der Waals surface area contributed by atoms with Gasteiger partial charge < -0.3 is 10.1 Å². The molecule has 1 aliphatic heterocycles. The van der Waals surface area contributed by atoms with Crippen LogP contribution >= 0.6 is 11.8 Å². The molecule has 1 aromatic heterocycles. The molecule has 0 atom stereocenters. The zero-order valence-corrected chi connectivity index (χ0v) is 18.0. The Morgan fingerprint density at radius 2 is 1.97 bits per heavy atom. The highest BCUT2D eigenvalue weighted by Gasteiger charge is 2.26. The molecule has 0 spiro atoms. The van der Waals surface area contributed by atoms with Crippen LogP contribution in [0.4, 0.5) is 0 Å². The molecular weight excluding hydrogens is 410 g/mol. The van der Waals surface area contributed by atoms with Crippen LogP contribution in [0.5, 0.6) is 0 Å². The van der Waals surface area contributed by atoms with Gasteiger partial charge in [-0.05, 0) is 36.6 Å². The number of carbonyl (C=O) groups is 1. The predicted octanol–water partition coefficient (Wildman–Crippen LogP) is 1.86. The van der Waals surface area contributed by atoms with Gasteiger partial charge in [-0.1, -0.05) is 36.0 Å². The van der Waals surface area contributed by atoms with E-state index in [0.29, 0.717) is 37.9 Å². The van der Waals surface area contributed by atoms with E-state index in [1.807, 2.05) is 12.1 Å². The highest BCUT2D eigenvalue weighted by Crippen LogP contribution is 2.20. The van der Waals surface area contributed by atoms with Gasteiger partial charge in [0.15, 0.2) is 0 Å². The summed E-state index contributed by atoms with van der Waals surface area (Å²) in [6.07, 6.45) is 2.14. The van der Waals surface area contributed by atoms with Gasteiger partial charge in [0.2, 0.25) is 15.9 Å². The van der Waals surface area contributed by atoms with E-state index in [2.05, 4.69) is 29.4 Å². The fourth-order valence-corrected chi connectivity index (χ4v) is 4.98. The van der Waals surface area contributed by atoms with Gasteiger partial charge in [0.25, 0.3) is 0 Å². The topological polar surface area (TPSA) is 88.6 Å². The highest BCUT2D eigenvalue weighted by molar-refractivity contribution is 7.99. The summed E-state index contributed by atoms with van der Waals surface area (Å²) in [6.45, 7) is 4.14. The first kappa shape index (κ1) is 21.8. The average molecular weight is 436 g/mol. The molecule has 29 heavy (non-hydrogen) atoms. The van der Waals surface area contributed by atoms with E-state index in [9.17, 15) is 13.2 Å². The van der Waals surface area contributed by atoms with Crippen molar-refractivity contribution in [3.63, 3.8) is 0 Å². The van der Waals surface area contributed by atoms with Gasteiger partial charge in [0, 0.05) is 25.8 Å². The fourth-order valence-electron chi connectivity index (χ4n) is 2.96. The maximum Gasteiger partial charge on any atom is 0.244 e. The largest absolute Gasteiger partial charge is 0.379 e. The van der Waals surface area contributed by atoms with E-state index in [-0.39, 0.29) is 16.6 Å². The summed E-state index contributed by atoms with van der Waals surface area (Å²) in [7, 11) is -3.55. The summed E-state index contributed by atoms with van der Waals surface area (Å²) in [5, 5.41) is 3.52. The third kappa shape index (κ3) is 6.02. The molecule has 2 heterocycles. The molecule has 9 heteroatoms. The molecule has 1 N–H and O–H groups in total. The number of hydrogen-bond donors (Lipinski definition) is 1. The molecule has 0 unspecified atom stereocenters. The van der Waals surface area contributed by atoms with Gasteiger partial charge in [-0.15, -0.1) is 0 Å². The van der Waals surface area contributed by atoms with Crippen molar-refractivity contribution in [2.45, 2.75) is 23.3 Å². The van der Waals surface area contributed by atoms with Gasteiger partial charge in [-0.3, -0.25) is 4.79 Å². The molecule has 1 saturated heterocycles. The molecule has 0 saturated carbocycles. The number of aryl methyl sites for hydroxylation is 1. The third-order valence-electron chi connectivity index (χ3n) is 4.65. The number of nitrogens with one attached hydrogen (secondary N) is 1. The molecule has 3 rings (SSSR count). The number of ether oxygens (including phenoxy) is 1. The summed E-state index contributed by atoms with van der Waals surface area (Å²) in [6, 6.07) is 11.3. The Labute approximate surface area is 175 Å². The van der Waals surface area contributed by atoms with E-state index in [4.69, 9.17) is 4.74 Å². The highest BCUT2D eigenvalue weighted by atomic mass is 32.2. The molecule has 0 bridgehead atoms. The number of pyridine rings is 1. The Kier molecular flexibility index (Phi) is 7.65. The lowest BCUT2D eigenvalue weighted by Gasteiger charge is -2.25. The zero-order chi connectivity index (χ0) is 20.7. The van der Waals surface area contributed by atoms with E-state index < -0.39 is 10.0 Å². The molecule has 0 radical (unpaired) electrons. The van der Waals surface area contributed by atoms with Gasteiger partial charge in [0.1, 0.15) is 4.90 Å². The number of carbonyl (C=O) groups excluding carboxylic acids is 1. The number of hydrogen-bond acceptors (Lipinski definition) is 6. The first-order valence-electron chi connectivity index (χ1n) is 9.45. The smallest absolute Gasteiger partial charge is 0.244 e. The predicted molar refractivity (Wildman–Crippen MR) is 112 cm³/mol. The van der Waals surface area contributed by atoms with Crippen molar-refractivity contribution in [2.24, 2.45) is 0 Å². The van der Waals surface area contributed by atoms with Crippen molar-refractivity contribution >= 4 is 27.7 Å². The van der Waals surface area contributed by atoms with Crippen LogP contribution in [0.1, 0.15) is 11.1 Å². The maximum absolute atomic E-state index is 12.6. The summed E-state index contributed by atoms with van der Waals surface area (Å²) in [4.78, 5) is 16.4. The molecule has 156 valence electrons. The minimum atomic E-state index is -3.55. The summed E-state index contributed by atoms with van der Waals surface area (Å²) >= 11 is 1.28. The Balaban J connectivity index is 1.46. The molecule has 1 aromatic carbocycles. The Hall–Kier alpha value is -1.94. The molecule has 1 amide bonds. The zero-order valence-electron chi connectivity index (χ0n) is 16.3. The average Bonchev–Trinajstić information content (AvgIpc) is 2.74. The van der Waals surface area contributed by atoms with Crippen molar-refractivity contribution in [3.05, 3.63) is 53.7 Å². The van der Waals surface area contributed by atoms with Crippen LogP contribution in [-0.4, -0.2) is 62.2 Å². The summed E-state index contributed by atoms with van der Waals surface area (Å²) in [5.41, 5.74) is 2.44. The minimum absolute atomic E-state index is 0.0737. The SMILES string of the molecule is Cc1ccccc1CCNC(=O)CSc1ccc(S(=O)(=O)N2CCOCC2)cn1. The van der Waals surface area contributed by atoms with Crippen LogP contribution in [0.2, 0.25) is 0 Å². The van der Waals surface area contributed by atoms with Crippen molar-refractivity contribution in [3.8, 4) is 0 Å². The Morgan fingerprint density at radius 3 is 2.66 bits per heavy atom. The first-order chi connectivity index (χ1) is 14.0. The van der Waals surface area contributed by atoms with Crippen LogP contribution in [0.3, 0.4) is 0 Å². The van der Waals surface area contributed by atoms with E-state index in [0.717, 1.165) is 6.42 Å². The van der Waals surface area contributed by atoms with E-state index >= 15 is 0 Å². The Bertz CT molecular complexity index is 927. The van der Waals surface area contributed by atoms with E-state index in [1.54, 1.807) is 6.07 Å². The molecular formula is C20H25N3O4S2. The van der Waals surface area contributed by atoms with Gasteiger partial charge in [0.05, 0.1) is 24.0 Å². The number of nitrogens with zero attached hydrogens (tertiary/aromatic N) is 2. The summed E-state index contributed by atoms with van der Waals surface area (Å²) < 4.78 is 31.8. The number of benzene rings is 1. The quantitative estimate of drug-likeness (QED) is 0.637.